The van der Waals surface area contributed by atoms with Crippen LogP contribution in [-0.4, -0.2) is 86.5 Å². The highest BCUT2D eigenvalue weighted by atomic mass is 16.5. The van der Waals surface area contributed by atoms with Gasteiger partial charge in [0.25, 0.3) is 0 Å². The van der Waals surface area contributed by atoms with Crippen molar-refractivity contribution in [3.05, 3.63) is 23.9 Å². The maximum absolute atomic E-state index is 9.76. The number of aromatic nitrogens is 1. The highest BCUT2D eigenvalue weighted by molar-refractivity contribution is 5.37. The van der Waals surface area contributed by atoms with Crippen LogP contribution < -0.4 is 4.90 Å². The summed E-state index contributed by atoms with van der Waals surface area (Å²) in [6, 6.07) is 4.23. The Bertz CT molecular complexity index is 502. The van der Waals surface area contributed by atoms with Gasteiger partial charge in [-0.3, -0.25) is 9.80 Å². The first kappa shape index (κ1) is 17.6. The van der Waals surface area contributed by atoms with Crippen LogP contribution in [-0.2, 0) is 11.3 Å². The normalized spacial score (nSPS) is 26.0. The second kappa shape index (κ2) is 8.25. The molecule has 6 heteroatoms. The fourth-order valence-corrected chi connectivity index (χ4v) is 3.73. The molecule has 0 unspecified atom stereocenters. The SMILES string of the molecule is CN(C)c1ccc(CN2C[C@@H](CN3CCOCC3)[C@@H](CO)C2)cn1. The van der Waals surface area contributed by atoms with Crippen molar-refractivity contribution in [1.82, 2.24) is 14.8 Å². The lowest BCUT2D eigenvalue weighted by molar-refractivity contribution is 0.0264. The molecule has 0 spiro atoms. The molecule has 2 aliphatic rings. The standard InChI is InChI=1S/C18H30N4O2/c1-20(2)18-4-3-15(9-19-18)10-22-12-16(17(13-22)14-23)11-21-5-7-24-8-6-21/h3-4,9,16-17,23H,5-8,10-14H2,1-2H3/t16-,17-/m1/s1. The molecule has 1 aromatic heterocycles. The van der Waals surface area contributed by atoms with Crippen LogP contribution in [0.25, 0.3) is 0 Å². The molecule has 0 radical (unpaired) electrons. The van der Waals surface area contributed by atoms with Crippen molar-refractivity contribution in [2.45, 2.75) is 6.54 Å². The van der Waals surface area contributed by atoms with E-state index in [1.165, 1.54) is 5.56 Å². The predicted molar refractivity (Wildman–Crippen MR) is 95.2 cm³/mol. The Morgan fingerprint density at radius 2 is 1.92 bits per heavy atom. The van der Waals surface area contributed by atoms with Crippen LogP contribution in [0.1, 0.15) is 5.56 Å². The lowest BCUT2D eigenvalue weighted by Crippen LogP contribution is -2.41. The zero-order valence-electron chi connectivity index (χ0n) is 14.9. The van der Waals surface area contributed by atoms with Gasteiger partial charge in [-0.15, -0.1) is 0 Å². The van der Waals surface area contributed by atoms with Crippen LogP contribution in [0.5, 0.6) is 0 Å². The van der Waals surface area contributed by atoms with E-state index in [2.05, 4.69) is 26.9 Å². The first-order valence-corrected chi connectivity index (χ1v) is 8.91. The third-order valence-corrected chi connectivity index (χ3v) is 5.16. The number of nitrogens with zero attached hydrogens (tertiary/aromatic N) is 4. The maximum atomic E-state index is 9.76. The molecule has 3 heterocycles. The van der Waals surface area contributed by atoms with Gasteiger partial charge < -0.3 is 14.7 Å². The van der Waals surface area contributed by atoms with Gasteiger partial charge in [0.05, 0.1) is 13.2 Å². The van der Waals surface area contributed by atoms with E-state index in [4.69, 9.17) is 4.74 Å². The second-order valence-electron chi connectivity index (χ2n) is 7.23. The van der Waals surface area contributed by atoms with E-state index in [9.17, 15) is 5.11 Å². The smallest absolute Gasteiger partial charge is 0.127 e. The largest absolute Gasteiger partial charge is 0.396 e. The molecule has 1 aromatic rings. The first-order chi connectivity index (χ1) is 11.7. The highest BCUT2D eigenvalue weighted by Crippen LogP contribution is 2.26. The molecule has 134 valence electrons. The number of aliphatic hydroxyl groups is 1. The second-order valence-corrected chi connectivity index (χ2v) is 7.23. The van der Waals surface area contributed by atoms with Crippen LogP contribution in [0, 0.1) is 11.8 Å². The van der Waals surface area contributed by atoms with Crippen LogP contribution in [0.15, 0.2) is 18.3 Å². The zero-order chi connectivity index (χ0) is 16.9. The van der Waals surface area contributed by atoms with E-state index < -0.39 is 0 Å². The quantitative estimate of drug-likeness (QED) is 0.819. The van der Waals surface area contributed by atoms with Gasteiger partial charge in [-0.05, 0) is 23.5 Å². The van der Waals surface area contributed by atoms with Gasteiger partial charge in [0.15, 0.2) is 0 Å². The highest BCUT2D eigenvalue weighted by Gasteiger charge is 2.33. The predicted octanol–water partition coefficient (Wildman–Crippen LogP) is 0.520. The number of hydrogen-bond donors (Lipinski definition) is 1. The van der Waals surface area contributed by atoms with Crippen molar-refractivity contribution in [3.63, 3.8) is 0 Å². The summed E-state index contributed by atoms with van der Waals surface area (Å²) in [6.45, 7) is 8.01. The molecule has 2 atom stereocenters. The summed E-state index contributed by atoms with van der Waals surface area (Å²) < 4.78 is 5.43. The number of aliphatic hydroxyl groups excluding tert-OH is 1. The van der Waals surface area contributed by atoms with Crippen molar-refractivity contribution in [1.29, 1.82) is 0 Å². The van der Waals surface area contributed by atoms with Crippen molar-refractivity contribution in [3.8, 4) is 0 Å². The minimum atomic E-state index is 0.281. The van der Waals surface area contributed by atoms with Crippen LogP contribution in [0.3, 0.4) is 0 Å². The lowest BCUT2D eigenvalue weighted by atomic mass is 9.96. The number of pyridine rings is 1. The third-order valence-electron chi connectivity index (χ3n) is 5.16. The molecule has 1 N–H and O–H groups in total. The Hall–Kier alpha value is -1.21. The molecule has 0 saturated carbocycles. The molecular formula is C18H30N4O2. The fraction of sp³-hybridized carbons (Fsp3) is 0.722. The molecule has 0 aromatic carbocycles. The molecule has 24 heavy (non-hydrogen) atoms. The summed E-state index contributed by atoms with van der Waals surface area (Å²) in [7, 11) is 4.01. The fourth-order valence-electron chi connectivity index (χ4n) is 3.73. The maximum Gasteiger partial charge on any atom is 0.127 e. The van der Waals surface area contributed by atoms with Crippen LogP contribution >= 0.6 is 0 Å². The number of rotatable bonds is 6. The monoisotopic (exact) mass is 334 g/mol. The molecular weight excluding hydrogens is 304 g/mol. The molecule has 0 bridgehead atoms. The van der Waals surface area contributed by atoms with Gasteiger partial charge in [0, 0.05) is 66.2 Å². The van der Waals surface area contributed by atoms with E-state index in [0.29, 0.717) is 11.8 Å². The van der Waals surface area contributed by atoms with Gasteiger partial charge >= 0.3 is 0 Å². The summed E-state index contributed by atoms with van der Waals surface area (Å²) in [6.07, 6.45) is 1.97. The van der Waals surface area contributed by atoms with Gasteiger partial charge in [-0.2, -0.15) is 0 Å². The van der Waals surface area contributed by atoms with Gasteiger partial charge in [0.2, 0.25) is 0 Å². The number of likely N-dealkylation sites (tertiary alicyclic amines) is 1. The van der Waals surface area contributed by atoms with Crippen LogP contribution in [0.2, 0.25) is 0 Å². The summed E-state index contributed by atoms with van der Waals surface area (Å²) >= 11 is 0. The minimum absolute atomic E-state index is 0.281. The number of anilines is 1. The van der Waals surface area contributed by atoms with E-state index >= 15 is 0 Å². The summed E-state index contributed by atoms with van der Waals surface area (Å²) in [5.74, 6) is 1.91. The Morgan fingerprint density at radius 3 is 2.54 bits per heavy atom. The van der Waals surface area contributed by atoms with Crippen molar-refractivity contribution >= 4 is 5.82 Å². The molecule has 2 fully saturated rings. The van der Waals surface area contributed by atoms with E-state index in [1.807, 2.05) is 25.2 Å². The average molecular weight is 334 g/mol. The third kappa shape index (κ3) is 4.45. The average Bonchev–Trinajstić information content (AvgIpc) is 2.97. The molecule has 2 aliphatic heterocycles. The molecule has 6 nitrogen and oxygen atoms in total. The Balaban J connectivity index is 1.55. The van der Waals surface area contributed by atoms with Gasteiger partial charge in [0.1, 0.15) is 5.82 Å². The molecule has 3 rings (SSSR count). The van der Waals surface area contributed by atoms with E-state index in [-0.39, 0.29) is 6.61 Å². The molecule has 0 amide bonds. The van der Waals surface area contributed by atoms with Gasteiger partial charge in [-0.1, -0.05) is 6.07 Å². The number of hydrogen-bond acceptors (Lipinski definition) is 6. The Labute approximate surface area is 145 Å². The number of ether oxygens (including phenoxy) is 1. The Kier molecular flexibility index (Phi) is 6.05. The summed E-state index contributed by atoms with van der Waals surface area (Å²) in [5.41, 5.74) is 1.24. The summed E-state index contributed by atoms with van der Waals surface area (Å²) in [5, 5.41) is 9.76. The topological polar surface area (TPSA) is 52.1 Å². The number of morpholine rings is 1. The van der Waals surface area contributed by atoms with E-state index in [1.54, 1.807) is 0 Å². The van der Waals surface area contributed by atoms with Crippen molar-refractivity contribution in [2.75, 3.05) is 71.5 Å². The summed E-state index contributed by atoms with van der Waals surface area (Å²) in [4.78, 5) is 11.5. The molecule has 0 aliphatic carbocycles. The zero-order valence-corrected chi connectivity index (χ0v) is 14.9. The molecule has 2 saturated heterocycles. The Morgan fingerprint density at radius 1 is 1.17 bits per heavy atom. The first-order valence-electron chi connectivity index (χ1n) is 8.91. The van der Waals surface area contributed by atoms with Gasteiger partial charge in [-0.25, -0.2) is 4.98 Å². The minimum Gasteiger partial charge on any atom is -0.396 e. The van der Waals surface area contributed by atoms with Crippen molar-refractivity contribution in [2.24, 2.45) is 11.8 Å². The van der Waals surface area contributed by atoms with Crippen molar-refractivity contribution < 1.29 is 9.84 Å². The van der Waals surface area contributed by atoms with Crippen LogP contribution in [0.4, 0.5) is 5.82 Å². The van der Waals surface area contributed by atoms with E-state index in [0.717, 1.165) is 58.3 Å². The lowest BCUT2D eigenvalue weighted by Gasteiger charge is -2.30.